The Morgan fingerprint density at radius 3 is 2.76 bits per heavy atom. The minimum absolute atomic E-state index is 0.0211. The number of hydrogen-bond acceptors (Lipinski definition) is 3. The molecule has 0 aliphatic heterocycles. The van der Waals surface area contributed by atoms with Crippen LogP contribution in [-0.4, -0.2) is 26.7 Å². The summed E-state index contributed by atoms with van der Waals surface area (Å²) in [6.45, 7) is 4.22. The van der Waals surface area contributed by atoms with E-state index in [0.29, 0.717) is 11.6 Å². The van der Waals surface area contributed by atoms with Crippen molar-refractivity contribution in [1.82, 2.24) is 20.1 Å². The fourth-order valence-electron chi connectivity index (χ4n) is 3.11. The highest BCUT2D eigenvalue weighted by Crippen LogP contribution is 2.24. The summed E-state index contributed by atoms with van der Waals surface area (Å²) in [5.74, 6) is 0.765. The molecule has 5 nitrogen and oxygen atoms in total. The SMILES string of the molecule is Cc1nn(C)c2ncc(C(=O)NC3CCC(C)CC3)cc12. The van der Waals surface area contributed by atoms with E-state index in [4.69, 9.17) is 0 Å². The molecule has 1 amide bonds. The number of aryl methyl sites for hydroxylation is 2. The first kappa shape index (κ1) is 14.0. The van der Waals surface area contributed by atoms with E-state index >= 15 is 0 Å². The van der Waals surface area contributed by atoms with Crippen LogP contribution in [0.3, 0.4) is 0 Å². The van der Waals surface area contributed by atoms with E-state index in [1.807, 2.05) is 20.0 Å². The molecule has 1 fully saturated rings. The van der Waals surface area contributed by atoms with Gasteiger partial charge in [-0.2, -0.15) is 5.10 Å². The number of hydrogen-bond donors (Lipinski definition) is 1. The molecule has 0 bridgehead atoms. The number of carbonyl (C=O) groups excluding carboxylic acids is 1. The Morgan fingerprint density at radius 2 is 2.05 bits per heavy atom. The number of rotatable bonds is 2. The molecule has 1 aliphatic rings. The summed E-state index contributed by atoms with van der Waals surface area (Å²) < 4.78 is 1.74. The van der Waals surface area contributed by atoms with Crippen molar-refractivity contribution in [2.24, 2.45) is 13.0 Å². The van der Waals surface area contributed by atoms with Crippen LogP contribution in [-0.2, 0) is 7.05 Å². The Labute approximate surface area is 124 Å². The van der Waals surface area contributed by atoms with Crippen LogP contribution in [0.15, 0.2) is 12.3 Å². The Hall–Kier alpha value is -1.91. The second-order valence-corrected chi connectivity index (χ2v) is 6.23. The molecule has 0 aromatic carbocycles. The van der Waals surface area contributed by atoms with E-state index in [1.165, 1.54) is 12.8 Å². The lowest BCUT2D eigenvalue weighted by Crippen LogP contribution is -2.37. The average Bonchev–Trinajstić information content (AvgIpc) is 2.76. The predicted octanol–water partition coefficient (Wildman–Crippen LogP) is 2.59. The molecule has 0 unspecified atom stereocenters. The lowest BCUT2D eigenvalue weighted by molar-refractivity contribution is 0.0923. The Bertz CT molecular complexity index is 668. The van der Waals surface area contributed by atoms with E-state index in [1.54, 1.807) is 10.9 Å². The van der Waals surface area contributed by atoms with Crippen LogP contribution in [0.4, 0.5) is 0 Å². The largest absolute Gasteiger partial charge is 0.349 e. The third-order valence-corrected chi connectivity index (χ3v) is 4.48. The summed E-state index contributed by atoms with van der Waals surface area (Å²) in [6.07, 6.45) is 6.20. The maximum Gasteiger partial charge on any atom is 0.253 e. The highest BCUT2D eigenvalue weighted by molar-refractivity contribution is 5.97. The molecule has 2 aromatic rings. The molecule has 1 aliphatic carbocycles. The standard InChI is InChI=1S/C16H22N4O/c1-10-4-6-13(7-5-10)18-16(21)12-8-14-11(2)19-20(3)15(14)17-9-12/h8-10,13H,4-7H2,1-3H3,(H,18,21). The Morgan fingerprint density at radius 1 is 1.33 bits per heavy atom. The van der Waals surface area contributed by atoms with Crippen LogP contribution in [0.2, 0.25) is 0 Å². The third-order valence-electron chi connectivity index (χ3n) is 4.48. The summed E-state index contributed by atoms with van der Waals surface area (Å²) in [6, 6.07) is 2.20. The maximum atomic E-state index is 12.4. The van der Waals surface area contributed by atoms with Gasteiger partial charge in [0, 0.05) is 24.7 Å². The summed E-state index contributed by atoms with van der Waals surface area (Å²) in [5.41, 5.74) is 2.34. The normalized spacial score (nSPS) is 22.4. The molecule has 0 saturated heterocycles. The van der Waals surface area contributed by atoms with Crippen LogP contribution >= 0.6 is 0 Å². The molecule has 1 saturated carbocycles. The average molecular weight is 286 g/mol. The van der Waals surface area contributed by atoms with Crippen molar-refractivity contribution in [3.05, 3.63) is 23.5 Å². The van der Waals surface area contributed by atoms with Gasteiger partial charge in [-0.05, 0) is 44.6 Å². The minimum atomic E-state index is -0.0211. The van der Waals surface area contributed by atoms with Crippen molar-refractivity contribution in [3.63, 3.8) is 0 Å². The number of fused-ring (bicyclic) bond motifs is 1. The predicted molar refractivity (Wildman–Crippen MR) is 82.1 cm³/mol. The fraction of sp³-hybridized carbons (Fsp3) is 0.562. The molecule has 3 rings (SSSR count). The van der Waals surface area contributed by atoms with E-state index in [0.717, 1.165) is 35.5 Å². The van der Waals surface area contributed by atoms with Crippen LogP contribution in [0.25, 0.3) is 11.0 Å². The first-order valence-corrected chi connectivity index (χ1v) is 7.65. The quantitative estimate of drug-likeness (QED) is 0.923. The monoisotopic (exact) mass is 286 g/mol. The van der Waals surface area contributed by atoms with Gasteiger partial charge in [0.05, 0.1) is 11.3 Å². The van der Waals surface area contributed by atoms with Gasteiger partial charge in [-0.25, -0.2) is 4.98 Å². The first-order chi connectivity index (χ1) is 10.0. The number of nitrogens with one attached hydrogen (secondary N) is 1. The van der Waals surface area contributed by atoms with E-state index in [2.05, 4.69) is 22.3 Å². The first-order valence-electron chi connectivity index (χ1n) is 7.65. The summed E-state index contributed by atoms with van der Waals surface area (Å²) in [5, 5.41) is 8.42. The molecule has 112 valence electrons. The van der Waals surface area contributed by atoms with Crippen LogP contribution < -0.4 is 5.32 Å². The number of pyridine rings is 1. The van der Waals surface area contributed by atoms with Crippen molar-refractivity contribution in [1.29, 1.82) is 0 Å². The number of nitrogens with zero attached hydrogens (tertiary/aromatic N) is 3. The van der Waals surface area contributed by atoms with Gasteiger partial charge >= 0.3 is 0 Å². The summed E-state index contributed by atoms with van der Waals surface area (Å²) >= 11 is 0. The third kappa shape index (κ3) is 2.77. The molecule has 0 atom stereocenters. The highest BCUT2D eigenvalue weighted by Gasteiger charge is 2.21. The van der Waals surface area contributed by atoms with Crippen molar-refractivity contribution < 1.29 is 4.79 Å². The maximum absolute atomic E-state index is 12.4. The molecular weight excluding hydrogens is 264 g/mol. The molecule has 0 radical (unpaired) electrons. The molecule has 1 N–H and O–H groups in total. The van der Waals surface area contributed by atoms with Crippen molar-refractivity contribution in [2.45, 2.75) is 45.6 Å². The number of aromatic nitrogens is 3. The number of carbonyl (C=O) groups is 1. The van der Waals surface area contributed by atoms with Gasteiger partial charge in [-0.1, -0.05) is 6.92 Å². The second-order valence-electron chi connectivity index (χ2n) is 6.23. The van der Waals surface area contributed by atoms with Crippen molar-refractivity contribution in [2.75, 3.05) is 0 Å². The molecule has 0 spiro atoms. The Balaban J connectivity index is 1.77. The molecule has 2 aromatic heterocycles. The van der Waals surface area contributed by atoms with Gasteiger partial charge in [-0.3, -0.25) is 9.48 Å². The van der Waals surface area contributed by atoms with Gasteiger partial charge < -0.3 is 5.32 Å². The zero-order chi connectivity index (χ0) is 15.0. The smallest absolute Gasteiger partial charge is 0.253 e. The van der Waals surface area contributed by atoms with Crippen LogP contribution in [0.5, 0.6) is 0 Å². The van der Waals surface area contributed by atoms with E-state index in [9.17, 15) is 4.79 Å². The Kier molecular flexibility index (Phi) is 3.66. The summed E-state index contributed by atoms with van der Waals surface area (Å²) in [7, 11) is 1.87. The zero-order valence-electron chi connectivity index (χ0n) is 12.9. The van der Waals surface area contributed by atoms with Gasteiger partial charge in [-0.15, -0.1) is 0 Å². The van der Waals surface area contributed by atoms with Gasteiger partial charge in [0.25, 0.3) is 5.91 Å². The molecule has 5 heteroatoms. The highest BCUT2D eigenvalue weighted by atomic mass is 16.1. The fourth-order valence-corrected chi connectivity index (χ4v) is 3.11. The van der Waals surface area contributed by atoms with Gasteiger partial charge in [0.1, 0.15) is 0 Å². The van der Waals surface area contributed by atoms with Crippen LogP contribution in [0.1, 0.15) is 48.7 Å². The zero-order valence-corrected chi connectivity index (χ0v) is 12.9. The van der Waals surface area contributed by atoms with Gasteiger partial charge in [0.2, 0.25) is 0 Å². The molecular formula is C16H22N4O. The molecule has 21 heavy (non-hydrogen) atoms. The lowest BCUT2D eigenvalue weighted by Gasteiger charge is -2.26. The second kappa shape index (κ2) is 5.47. The van der Waals surface area contributed by atoms with Crippen molar-refractivity contribution >= 4 is 16.9 Å². The van der Waals surface area contributed by atoms with Crippen LogP contribution in [0, 0.1) is 12.8 Å². The van der Waals surface area contributed by atoms with E-state index in [-0.39, 0.29) is 5.91 Å². The molecule has 2 heterocycles. The van der Waals surface area contributed by atoms with E-state index < -0.39 is 0 Å². The minimum Gasteiger partial charge on any atom is -0.349 e. The summed E-state index contributed by atoms with van der Waals surface area (Å²) in [4.78, 5) is 16.7. The van der Waals surface area contributed by atoms with Gasteiger partial charge in [0.15, 0.2) is 5.65 Å². The number of amides is 1. The lowest BCUT2D eigenvalue weighted by atomic mass is 9.87. The van der Waals surface area contributed by atoms with Crippen molar-refractivity contribution in [3.8, 4) is 0 Å². The topological polar surface area (TPSA) is 59.8 Å².